The van der Waals surface area contributed by atoms with E-state index in [2.05, 4.69) is 4.72 Å². The summed E-state index contributed by atoms with van der Waals surface area (Å²) >= 11 is 6.38. The molecule has 0 atom stereocenters. The molecule has 9 heteroatoms. The van der Waals surface area contributed by atoms with Gasteiger partial charge in [-0.05, 0) is 42.3 Å². The molecule has 3 aromatic rings. The lowest BCUT2D eigenvalue weighted by Crippen LogP contribution is -2.16. The minimum Gasteiger partial charge on any atom is -0.451 e. The molecule has 1 N–H and O–H groups in total. The van der Waals surface area contributed by atoms with Gasteiger partial charge in [-0.2, -0.15) is 13.2 Å². The number of nitrogens with zero attached hydrogens (tertiary/aromatic N) is 1. The molecule has 0 unspecified atom stereocenters. The Labute approximate surface area is 162 Å². The molecule has 142 valence electrons. The van der Waals surface area contributed by atoms with Crippen LogP contribution in [0, 0.1) is 0 Å². The smallest absolute Gasteiger partial charge is 0.417 e. The van der Waals surface area contributed by atoms with Crippen molar-refractivity contribution in [3.05, 3.63) is 58.8 Å². The first-order valence-corrected chi connectivity index (χ1v) is 8.90. The molecule has 27 heavy (non-hydrogen) atoms. The number of halogens is 4. The predicted octanol–water partition coefficient (Wildman–Crippen LogP) is 5.61. The number of amides is 1. The van der Waals surface area contributed by atoms with E-state index in [9.17, 15) is 18.0 Å². The van der Waals surface area contributed by atoms with Gasteiger partial charge >= 0.3 is 6.18 Å². The Bertz CT molecular complexity index is 1000. The molecule has 1 amide bonds. The normalized spacial score (nSPS) is 11.6. The molecule has 0 bridgehead atoms. The lowest BCUT2D eigenvalue weighted by Gasteiger charge is -2.13. The van der Waals surface area contributed by atoms with Crippen LogP contribution in [0.3, 0.4) is 0 Å². The molecule has 2 aromatic carbocycles. The minimum absolute atomic E-state index is 0.00554. The number of hydrogen-bond acceptors (Lipinski definition) is 4. The summed E-state index contributed by atoms with van der Waals surface area (Å²) in [7, 11) is 3.74. The third-order valence-corrected chi connectivity index (χ3v) is 5.12. The van der Waals surface area contributed by atoms with E-state index in [0.29, 0.717) is 22.9 Å². The van der Waals surface area contributed by atoms with Crippen molar-refractivity contribution < 1.29 is 22.4 Å². The summed E-state index contributed by atoms with van der Waals surface area (Å²) < 4.78 is 47.2. The Morgan fingerprint density at radius 1 is 1.19 bits per heavy atom. The number of furan rings is 1. The number of fused-ring (bicyclic) bond motifs is 1. The van der Waals surface area contributed by atoms with Gasteiger partial charge in [-0.15, -0.1) is 0 Å². The number of alkyl halides is 3. The zero-order chi connectivity index (χ0) is 19.8. The van der Waals surface area contributed by atoms with Crippen LogP contribution in [0.1, 0.15) is 16.1 Å². The van der Waals surface area contributed by atoms with Crippen molar-refractivity contribution in [3.8, 4) is 0 Å². The molecular formula is C18H14ClF3N2O2S. The summed E-state index contributed by atoms with van der Waals surface area (Å²) in [4.78, 5) is 13.9. The van der Waals surface area contributed by atoms with Gasteiger partial charge in [-0.3, -0.25) is 9.52 Å². The highest BCUT2D eigenvalue weighted by Crippen LogP contribution is 2.39. The number of carbonyl (C=O) groups is 1. The first-order chi connectivity index (χ1) is 12.7. The Morgan fingerprint density at radius 2 is 1.93 bits per heavy atom. The van der Waals surface area contributed by atoms with Crippen LogP contribution in [0.15, 0.2) is 51.8 Å². The molecule has 0 aliphatic rings. The van der Waals surface area contributed by atoms with Crippen LogP contribution in [0.4, 0.5) is 18.9 Å². The van der Waals surface area contributed by atoms with Gasteiger partial charge in [0.05, 0.1) is 15.5 Å². The topological polar surface area (TPSA) is 45.5 Å². The molecule has 3 rings (SSSR count). The average Bonchev–Trinajstić information content (AvgIpc) is 3.02. The maximum atomic E-state index is 13.1. The second-order valence-corrected chi connectivity index (χ2v) is 7.10. The van der Waals surface area contributed by atoms with E-state index in [1.54, 1.807) is 12.1 Å². The summed E-state index contributed by atoms with van der Waals surface area (Å²) in [6.45, 7) is 0. The highest BCUT2D eigenvalue weighted by atomic mass is 35.5. The lowest BCUT2D eigenvalue weighted by atomic mass is 10.2. The second-order valence-electron chi connectivity index (χ2n) is 5.87. The van der Waals surface area contributed by atoms with E-state index < -0.39 is 17.6 Å². The molecule has 4 nitrogen and oxygen atoms in total. The molecule has 0 aliphatic carbocycles. The molecule has 0 saturated carbocycles. The fourth-order valence-corrected chi connectivity index (χ4v) is 3.44. The third-order valence-electron chi connectivity index (χ3n) is 3.76. The Balaban J connectivity index is 1.82. The van der Waals surface area contributed by atoms with Crippen LogP contribution in [0.5, 0.6) is 0 Å². The van der Waals surface area contributed by atoms with Gasteiger partial charge in [0.25, 0.3) is 5.91 Å². The third kappa shape index (κ3) is 4.17. The van der Waals surface area contributed by atoms with Gasteiger partial charge in [0.2, 0.25) is 0 Å². The number of rotatable bonds is 4. The van der Waals surface area contributed by atoms with Crippen molar-refractivity contribution in [1.82, 2.24) is 4.72 Å². The second kappa shape index (κ2) is 7.36. The molecule has 1 heterocycles. The maximum Gasteiger partial charge on any atom is 0.417 e. The first kappa shape index (κ1) is 19.4. The fraction of sp³-hybridized carbons (Fsp3) is 0.167. The maximum absolute atomic E-state index is 13.1. The van der Waals surface area contributed by atoms with Gasteiger partial charge in [0.15, 0.2) is 5.76 Å². The molecule has 0 spiro atoms. The van der Waals surface area contributed by atoms with Crippen molar-refractivity contribution in [2.75, 3.05) is 19.0 Å². The van der Waals surface area contributed by atoms with Crippen LogP contribution in [0.25, 0.3) is 11.0 Å². The Kier molecular flexibility index (Phi) is 5.30. The van der Waals surface area contributed by atoms with Gasteiger partial charge in [-0.1, -0.05) is 17.7 Å². The van der Waals surface area contributed by atoms with Crippen molar-refractivity contribution in [3.63, 3.8) is 0 Å². The molecule has 0 radical (unpaired) electrons. The standard InChI is InChI=1S/C18H14ClF3N2O2S/c1-24(2)11-7-6-10-8-15(26-14(10)9-11)17(25)23-27-16-12(18(20,21)22)4-3-5-13(16)19/h3-9H,1-2H3,(H,23,25). The average molecular weight is 415 g/mol. The summed E-state index contributed by atoms with van der Waals surface area (Å²) in [5, 5.41) is 0.611. The zero-order valence-corrected chi connectivity index (χ0v) is 15.8. The summed E-state index contributed by atoms with van der Waals surface area (Å²) in [5.41, 5.74) is 0.481. The quantitative estimate of drug-likeness (QED) is 0.564. The van der Waals surface area contributed by atoms with Crippen LogP contribution < -0.4 is 9.62 Å². The van der Waals surface area contributed by atoms with Gasteiger partial charge in [0, 0.05) is 31.2 Å². The number of anilines is 1. The monoisotopic (exact) mass is 414 g/mol. The van der Waals surface area contributed by atoms with Crippen LogP contribution in [0.2, 0.25) is 5.02 Å². The SMILES string of the molecule is CN(C)c1ccc2cc(C(=O)NSc3c(Cl)cccc3C(F)(F)F)oc2c1. The van der Waals surface area contributed by atoms with E-state index in [0.717, 1.165) is 11.8 Å². The van der Waals surface area contributed by atoms with Crippen LogP contribution in [-0.2, 0) is 6.18 Å². The van der Waals surface area contributed by atoms with Crippen molar-refractivity contribution >= 4 is 46.1 Å². The summed E-state index contributed by atoms with van der Waals surface area (Å²) in [6.07, 6.45) is -4.58. The molecule has 1 aromatic heterocycles. The van der Waals surface area contributed by atoms with Crippen molar-refractivity contribution in [2.24, 2.45) is 0 Å². The van der Waals surface area contributed by atoms with Gasteiger partial charge < -0.3 is 9.32 Å². The highest BCUT2D eigenvalue weighted by Gasteiger charge is 2.34. The van der Waals surface area contributed by atoms with Gasteiger partial charge in [0.1, 0.15) is 5.58 Å². The number of carbonyl (C=O) groups excluding carboxylic acids is 1. The van der Waals surface area contributed by atoms with E-state index in [1.165, 1.54) is 18.2 Å². The molecule has 0 saturated heterocycles. The Morgan fingerprint density at radius 3 is 2.59 bits per heavy atom. The summed E-state index contributed by atoms with van der Waals surface area (Å²) in [6, 6.07) is 10.4. The molecular weight excluding hydrogens is 401 g/mol. The molecule has 0 fully saturated rings. The number of hydrogen-bond donors (Lipinski definition) is 1. The minimum atomic E-state index is -4.58. The Hall–Kier alpha value is -2.32. The van der Waals surface area contributed by atoms with Crippen LogP contribution >= 0.6 is 23.5 Å². The zero-order valence-electron chi connectivity index (χ0n) is 14.2. The van der Waals surface area contributed by atoms with Crippen LogP contribution in [-0.4, -0.2) is 20.0 Å². The summed E-state index contributed by atoms with van der Waals surface area (Å²) in [5.74, 6) is -0.662. The van der Waals surface area contributed by atoms with E-state index >= 15 is 0 Å². The first-order valence-electron chi connectivity index (χ1n) is 7.70. The van der Waals surface area contributed by atoms with Crippen molar-refractivity contribution in [2.45, 2.75) is 11.1 Å². The number of benzene rings is 2. The predicted molar refractivity (Wildman–Crippen MR) is 100 cm³/mol. The van der Waals surface area contributed by atoms with Crippen molar-refractivity contribution in [1.29, 1.82) is 0 Å². The highest BCUT2D eigenvalue weighted by molar-refractivity contribution is 7.98. The van der Waals surface area contributed by atoms with E-state index in [4.69, 9.17) is 16.0 Å². The molecule has 0 aliphatic heterocycles. The number of nitrogens with one attached hydrogen (secondary N) is 1. The lowest BCUT2D eigenvalue weighted by molar-refractivity contribution is -0.139. The van der Waals surface area contributed by atoms with Gasteiger partial charge in [-0.25, -0.2) is 0 Å². The fourth-order valence-electron chi connectivity index (χ4n) is 2.39. The van der Waals surface area contributed by atoms with E-state index in [-0.39, 0.29) is 15.7 Å². The largest absolute Gasteiger partial charge is 0.451 e. The van der Waals surface area contributed by atoms with E-state index in [1.807, 2.05) is 25.1 Å².